The highest BCUT2D eigenvalue weighted by molar-refractivity contribution is 5.71. The summed E-state index contributed by atoms with van der Waals surface area (Å²) in [4.78, 5) is 0. The second kappa shape index (κ2) is 7.97. The van der Waals surface area contributed by atoms with Gasteiger partial charge >= 0.3 is 0 Å². The summed E-state index contributed by atoms with van der Waals surface area (Å²) in [7, 11) is 0. The summed E-state index contributed by atoms with van der Waals surface area (Å²) in [5.41, 5.74) is 8.67. The lowest BCUT2D eigenvalue weighted by Crippen LogP contribution is -2.10. The summed E-state index contributed by atoms with van der Waals surface area (Å²) >= 11 is 0. The molecule has 0 heterocycles. The second-order valence-corrected chi connectivity index (χ2v) is 8.47. The Kier molecular flexibility index (Phi) is 5.22. The first-order valence-electron chi connectivity index (χ1n) is 10.1. The predicted octanol–water partition coefficient (Wildman–Crippen LogP) is 8.06. The van der Waals surface area contributed by atoms with E-state index in [1.54, 1.807) is 0 Å². The van der Waals surface area contributed by atoms with Crippen molar-refractivity contribution in [2.75, 3.05) is 5.32 Å². The van der Waals surface area contributed by atoms with Crippen molar-refractivity contribution in [3.8, 4) is 22.3 Å². The van der Waals surface area contributed by atoms with Gasteiger partial charge in [-0.1, -0.05) is 99.6 Å². The van der Waals surface area contributed by atoms with E-state index in [2.05, 4.69) is 123 Å². The average molecular weight is 378 g/mol. The van der Waals surface area contributed by atoms with Gasteiger partial charge in [0, 0.05) is 11.4 Å². The molecule has 0 aliphatic rings. The normalized spacial score (nSPS) is 11.3. The standard InChI is InChI=1S/C28H27N/c1-28(2,3)25-15-9-22(10-16-25)24-13-19-27(20-14-24)29-26-17-11-23(12-18-26)21-7-5-4-6-8-21/h4-20,29H,1-3H3. The molecule has 1 N–H and O–H groups in total. The van der Waals surface area contributed by atoms with Gasteiger partial charge in [-0.05, 0) is 57.5 Å². The summed E-state index contributed by atoms with van der Waals surface area (Å²) in [6.07, 6.45) is 0. The zero-order valence-electron chi connectivity index (χ0n) is 17.3. The summed E-state index contributed by atoms with van der Waals surface area (Å²) in [5.74, 6) is 0. The minimum Gasteiger partial charge on any atom is -0.356 e. The molecule has 29 heavy (non-hydrogen) atoms. The third kappa shape index (κ3) is 4.57. The first-order valence-corrected chi connectivity index (χ1v) is 10.1. The second-order valence-electron chi connectivity index (χ2n) is 8.47. The fourth-order valence-corrected chi connectivity index (χ4v) is 3.45. The number of nitrogens with one attached hydrogen (secondary N) is 1. The van der Waals surface area contributed by atoms with Gasteiger partial charge in [-0.2, -0.15) is 0 Å². The maximum absolute atomic E-state index is 3.49. The van der Waals surface area contributed by atoms with Gasteiger partial charge in [0.25, 0.3) is 0 Å². The molecule has 4 rings (SSSR count). The summed E-state index contributed by atoms with van der Waals surface area (Å²) < 4.78 is 0. The van der Waals surface area contributed by atoms with Gasteiger partial charge in [0.1, 0.15) is 0 Å². The lowest BCUT2D eigenvalue weighted by molar-refractivity contribution is 0.590. The summed E-state index contributed by atoms with van der Waals surface area (Å²) in [6.45, 7) is 6.73. The molecule has 0 aliphatic heterocycles. The highest BCUT2D eigenvalue weighted by Crippen LogP contribution is 2.28. The van der Waals surface area contributed by atoms with E-state index in [-0.39, 0.29) is 5.41 Å². The van der Waals surface area contributed by atoms with Crippen LogP contribution in [0, 0.1) is 0 Å². The third-order valence-electron chi connectivity index (χ3n) is 5.25. The molecule has 0 fully saturated rings. The van der Waals surface area contributed by atoms with E-state index in [1.165, 1.54) is 27.8 Å². The van der Waals surface area contributed by atoms with Crippen LogP contribution in [0.4, 0.5) is 11.4 Å². The zero-order valence-corrected chi connectivity index (χ0v) is 17.3. The van der Waals surface area contributed by atoms with Crippen LogP contribution in [0.25, 0.3) is 22.3 Å². The molecule has 0 atom stereocenters. The van der Waals surface area contributed by atoms with Crippen molar-refractivity contribution >= 4 is 11.4 Å². The molecule has 1 nitrogen and oxygen atoms in total. The Morgan fingerprint density at radius 1 is 0.448 bits per heavy atom. The first-order chi connectivity index (χ1) is 14.0. The fourth-order valence-electron chi connectivity index (χ4n) is 3.45. The Labute approximate surface area is 174 Å². The Morgan fingerprint density at radius 3 is 1.24 bits per heavy atom. The van der Waals surface area contributed by atoms with Gasteiger partial charge < -0.3 is 5.32 Å². The first kappa shape index (κ1) is 19.0. The quantitative estimate of drug-likeness (QED) is 0.379. The smallest absolute Gasteiger partial charge is 0.0384 e. The van der Waals surface area contributed by atoms with Crippen LogP contribution >= 0.6 is 0 Å². The van der Waals surface area contributed by atoms with Crippen LogP contribution < -0.4 is 5.32 Å². The molecule has 4 aromatic carbocycles. The molecular formula is C28H27N. The Hall–Kier alpha value is -3.32. The molecule has 0 aromatic heterocycles. The van der Waals surface area contributed by atoms with E-state index in [1.807, 2.05) is 6.07 Å². The van der Waals surface area contributed by atoms with Crippen molar-refractivity contribution in [3.63, 3.8) is 0 Å². The third-order valence-corrected chi connectivity index (χ3v) is 5.25. The molecule has 4 aromatic rings. The van der Waals surface area contributed by atoms with E-state index in [4.69, 9.17) is 0 Å². The lowest BCUT2D eigenvalue weighted by atomic mass is 9.86. The van der Waals surface area contributed by atoms with Crippen LogP contribution in [0.5, 0.6) is 0 Å². The van der Waals surface area contributed by atoms with Crippen LogP contribution in [0.15, 0.2) is 103 Å². The average Bonchev–Trinajstić information content (AvgIpc) is 2.75. The summed E-state index contributed by atoms with van der Waals surface area (Å²) in [5, 5.41) is 3.49. The molecule has 0 radical (unpaired) electrons. The van der Waals surface area contributed by atoms with Gasteiger partial charge in [0.2, 0.25) is 0 Å². The highest BCUT2D eigenvalue weighted by atomic mass is 14.9. The van der Waals surface area contributed by atoms with Crippen molar-refractivity contribution in [2.24, 2.45) is 0 Å². The molecule has 0 amide bonds. The van der Waals surface area contributed by atoms with Crippen molar-refractivity contribution in [1.82, 2.24) is 0 Å². The molecule has 1 heteroatoms. The van der Waals surface area contributed by atoms with E-state index in [0.717, 1.165) is 11.4 Å². The van der Waals surface area contributed by atoms with Crippen LogP contribution in [0.1, 0.15) is 26.3 Å². The minimum atomic E-state index is 0.183. The Bertz CT molecular complexity index is 1050. The maximum Gasteiger partial charge on any atom is 0.0384 e. The van der Waals surface area contributed by atoms with E-state index < -0.39 is 0 Å². The van der Waals surface area contributed by atoms with Gasteiger partial charge in [0.05, 0.1) is 0 Å². The molecule has 0 unspecified atom stereocenters. The van der Waals surface area contributed by atoms with Crippen molar-refractivity contribution in [3.05, 3.63) is 109 Å². The Morgan fingerprint density at radius 2 is 0.828 bits per heavy atom. The fraction of sp³-hybridized carbons (Fsp3) is 0.143. The SMILES string of the molecule is CC(C)(C)c1ccc(-c2ccc(Nc3ccc(-c4ccccc4)cc3)cc2)cc1. The number of hydrogen-bond donors (Lipinski definition) is 1. The lowest BCUT2D eigenvalue weighted by Gasteiger charge is -2.19. The minimum absolute atomic E-state index is 0.183. The van der Waals surface area contributed by atoms with Crippen LogP contribution in [-0.4, -0.2) is 0 Å². The van der Waals surface area contributed by atoms with Gasteiger partial charge in [0.15, 0.2) is 0 Å². The Balaban J connectivity index is 1.46. The molecule has 0 bridgehead atoms. The number of benzene rings is 4. The van der Waals surface area contributed by atoms with Crippen molar-refractivity contribution < 1.29 is 0 Å². The molecule has 0 aliphatic carbocycles. The number of anilines is 2. The summed E-state index contributed by atoms with van der Waals surface area (Å²) in [6, 6.07) is 36.5. The van der Waals surface area contributed by atoms with E-state index >= 15 is 0 Å². The predicted molar refractivity (Wildman–Crippen MR) is 126 cm³/mol. The van der Waals surface area contributed by atoms with Gasteiger partial charge in [-0.3, -0.25) is 0 Å². The van der Waals surface area contributed by atoms with Crippen molar-refractivity contribution in [1.29, 1.82) is 0 Å². The van der Waals surface area contributed by atoms with Gasteiger partial charge in [-0.25, -0.2) is 0 Å². The monoisotopic (exact) mass is 377 g/mol. The van der Waals surface area contributed by atoms with Crippen LogP contribution in [0.2, 0.25) is 0 Å². The van der Waals surface area contributed by atoms with Crippen molar-refractivity contribution in [2.45, 2.75) is 26.2 Å². The van der Waals surface area contributed by atoms with E-state index in [9.17, 15) is 0 Å². The molecule has 144 valence electrons. The van der Waals surface area contributed by atoms with Gasteiger partial charge in [-0.15, -0.1) is 0 Å². The molecule has 0 saturated heterocycles. The topological polar surface area (TPSA) is 12.0 Å². The molecule has 0 spiro atoms. The molecular weight excluding hydrogens is 350 g/mol. The molecule has 0 saturated carbocycles. The number of rotatable bonds is 4. The van der Waals surface area contributed by atoms with Crippen LogP contribution in [-0.2, 0) is 5.41 Å². The number of hydrogen-bond acceptors (Lipinski definition) is 1. The van der Waals surface area contributed by atoms with E-state index in [0.29, 0.717) is 0 Å². The highest BCUT2D eigenvalue weighted by Gasteiger charge is 2.13. The zero-order chi connectivity index (χ0) is 20.3. The largest absolute Gasteiger partial charge is 0.356 e. The maximum atomic E-state index is 3.49. The van der Waals surface area contributed by atoms with Crippen LogP contribution in [0.3, 0.4) is 0 Å².